The quantitative estimate of drug-likeness (QED) is 0.240. The molecule has 5 rings (SSSR count). The third kappa shape index (κ3) is 5.31. The van der Waals surface area contributed by atoms with Gasteiger partial charge in [-0.15, -0.1) is 0 Å². The van der Waals surface area contributed by atoms with Crippen LogP contribution in [-0.4, -0.2) is 33.0 Å². The molecule has 0 saturated heterocycles. The predicted molar refractivity (Wildman–Crippen MR) is 159 cm³/mol. The number of fused-ring (bicyclic) bond motifs is 1. The second-order valence-corrected chi connectivity index (χ2v) is 16.0. The molecule has 0 aliphatic heterocycles. The zero-order valence-corrected chi connectivity index (χ0v) is 24.2. The lowest BCUT2D eigenvalue weighted by Crippen LogP contribution is -2.46. The maximum absolute atomic E-state index is 10.9. The first-order valence-corrected chi connectivity index (χ1v) is 16.8. The molecule has 198 valence electrons. The van der Waals surface area contributed by atoms with Gasteiger partial charge in [0.25, 0.3) is 0 Å². The topological polar surface area (TPSA) is 38.7 Å². The van der Waals surface area contributed by atoms with Crippen molar-refractivity contribution in [1.29, 1.82) is 0 Å². The largest absolute Gasteiger partial charge is 0.497 e. The van der Waals surface area contributed by atoms with Crippen molar-refractivity contribution < 1.29 is 14.6 Å². The molecule has 0 aromatic heterocycles. The Hall–Kier alpha value is -2.92. The molecule has 1 N–H and O–H groups in total. The first-order chi connectivity index (χ1) is 18.3. The van der Waals surface area contributed by atoms with Crippen LogP contribution in [0.15, 0.2) is 101 Å². The minimum atomic E-state index is -1.99. The molecule has 3 aromatic carbocycles. The van der Waals surface area contributed by atoms with Crippen LogP contribution in [0.3, 0.4) is 0 Å². The minimum absolute atomic E-state index is 0.00258. The zero-order chi connectivity index (χ0) is 26.8. The van der Waals surface area contributed by atoms with Gasteiger partial charge in [0.1, 0.15) is 13.8 Å². The van der Waals surface area contributed by atoms with Gasteiger partial charge in [0.15, 0.2) is 0 Å². The van der Waals surface area contributed by atoms with Crippen LogP contribution < -0.4 is 9.92 Å². The third-order valence-corrected chi connectivity index (χ3v) is 12.3. The van der Waals surface area contributed by atoms with Crippen LogP contribution in [-0.2, 0) is 11.3 Å². The average molecular weight is 525 g/mol. The van der Waals surface area contributed by atoms with E-state index >= 15 is 0 Å². The number of allylic oxidation sites excluding steroid dienone is 2. The van der Waals surface area contributed by atoms with Crippen LogP contribution in [0.5, 0.6) is 5.75 Å². The van der Waals surface area contributed by atoms with Crippen molar-refractivity contribution in [3.05, 3.63) is 112 Å². The van der Waals surface area contributed by atoms with Crippen LogP contribution in [0, 0.1) is 5.41 Å². The van der Waals surface area contributed by atoms with Crippen LogP contribution in [0.25, 0.3) is 5.57 Å². The number of aliphatic hydroxyl groups excluding tert-OH is 1. The van der Waals surface area contributed by atoms with Gasteiger partial charge >= 0.3 is 0 Å². The summed E-state index contributed by atoms with van der Waals surface area (Å²) in [6.07, 6.45) is 3.20. The SMILES string of the molecule is COc1ccc(COCCC2=C3C[C@@H](O)C[C@@]3(C)CC([Si](C)(C)c3ccccc3)=C2c2ccccc2)cc1. The Labute approximate surface area is 228 Å². The number of ether oxygens (including phenoxy) is 2. The fourth-order valence-corrected chi connectivity index (χ4v) is 9.68. The van der Waals surface area contributed by atoms with Crippen molar-refractivity contribution in [2.75, 3.05) is 13.7 Å². The van der Waals surface area contributed by atoms with Crippen LogP contribution in [0.2, 0.25) is 13.1 Å². The predicted octanol–water partition coefficient (Wildman–Crippen LogP) is 7.07. The summed E-state index contributed by atoms with van der Waals surface area (Å²) in [7, 11) is -0.306. The Balaban J connectivity index is 1.53. The Bertz CT molecular complexity index is 1310. The fourth-order valence-electron chi connectivity index (χ4n) is 6.55. The number of methoxy groups -OCH3 is 1. The molecule has 0 amide bonds. The summed E-state index contributed by atoms with van der Waals surface area (Å²) in [5, 5.41) is 13.9. The molecule has 0 radical (unpaired) electrons. The maximum atomic E-state index is 10.9. The molecule has 38 heavy (non-hydrogen) atoms. The molecule has 0 bridgehead atoms. The highest BCUT2D eigenvalue weighted by Gasteiger charge is 2.47. The molecular formula is C34H40O3Si. The summed E-state index contributed by atoms with van der Waals surface area (Å²) in [4.78, 5) is 0. The van der Waals surface area contributed by atoms with Gasteiger partial charge < -0.3 is 14.6 Å². The van der Waals surface area contributed by atoms with Gasteiger partial charge in [-0.05, 0) is 65.5 Å². The molecule has 4 heteroatoms. The smallest absolute Gasteiger partial charge is 0.118 e. The highest BCUT2D eigenvalue weighted by atomic mass is 28.3. The molecular weight excluding hydrogens is 484 g/mol. The summed E-state index contributed by atoms with van der Waals surface area (Å²) in [5.41, 5.74) is 6.70. The molecule has 1 saturated carbocycles. The number of hydrogen-bond donors (Lipinski definition) is 1. The van der Waals surface area contributed by atoms with E-state index in [0.29, 0.717) is 13.2 Å². The van der Waals surface area contributed by atoms with Crippen LogP contribution in [0.4, 0.5) is 0 Å². The molecule has 2 atom stereocenters. The van der Waals surface area contributed by atoms with Crippen LogP contribution in [0.1, 0.15) is 43.7 Å². The molecule has 0 unspecified atom stereocenters. The number of aliphatic hydroxyl groups is 1. The number of benzene rings is 3. The number of rotatable bonds is 9. The van der Waals surface area contributed by atoms with E-state index in [9.17, 15) is 5.11 Å². The Morgan fingerprint density at radius 1 is 0.921 bits per heavy atom. The third-order valence-electron chi connectivity index (χ3n) is 8.63. The number of hydrogen-bond acceptors (Lipinski definition) is 3. The summed E-state index contributed by atoms with van der Waals surface area (Å²) in [6, 6.07) is 30.1. The molecule has 0 spiro atoms. The van der Waals surface area contributed by atoms with Crippen molar-refractivity contribution in [1.82, 2.24) is 0 Å². The normalized spacial score (nSPS) is 21.6. The van der Waals surface area contributed by atoms with Gasteiger partial charge in [0.05, 0.1) is 26.4 Å². The molecule has 2 aliphatic rings. The van der Waals surface area contributed by atoms with Crippen molar-refractivity contribution in [3.8, 4) is 5.75 Å². The van der Waals surface area contributed by atoms with E-state index in [-0.39, 0.29) is 11.5 Å². The van der Waals surface area contributed by atoms with Crippen LogP contribution >= 0.6 is 0 Å². The Morgan fingerprint density at radius 2 is 1.58 bits per heavy atom. The summed E-state index contributed by atoms with van der Waals surface area (Å²) < 4.78 is 11.5. The maximum Gasteiger partial charge on any atom is 0.118 e. The monoisotopic (exact) mass is 524 g/mol. The lowest BCUT2D eigenvalue weighted by atomic mass is 9.71. The highest BCUT2D eigenvalue weighted by molar-refractivity contribution is 6.96. The van der Waals surface area contributed by atoms with Gasteiger partial charge in [-0.1, -0.05) is 109 Å². The highest BCUT2D eigenvalue weighted by Crippen LogP contribution is 2.56. The molecule has 1 fully saturated rings. The van der Waals surface area contributed by atoms with E-state index in [2.05, 4.69) is 92.8 Å². The van der Waals surface area contributed by atoms with E-state index in [1.165, 1.54) is 27.5 Å². The zero-order valence-electron chi connectivity index (χ0n) is 23.2. The Morgan fingerprint density at radius 3 is 2.24 bits per heavy atom. The van der Waals surface area contributed by atoms with Gasteiger partial charge in [-0.2, -0.15) is 0 Å². The minimum Gasteiger partial charge on any atom is -0.497 e. The van der Waals surface area contributed by atoms with E-state index < -0.39 is 8.07 Å². The first-order valence-electron chi connectivity index (χ1n) is 13.8. The van der Waals surface area contributed by atoms with Gasteiger partial charge in [0.2, 0.25) is 0 Å². The molecule has 3 nitrogen and oxygen atoms in total. The summed E-state index contributed by atoms with van der Waals surface area (Å²) >= 11 is 0. The second kappa shape index (κ2) is 11.1. The molecule has 2 aliphatic carbocycles. The summed E-state index contributed by atoms with van der Waals surface area (Å²) in [5.74, 6) is 0.859. The van der Waals surface area contributed by atoms with Crippen molar-refractivity contribution in [2.24, 2.45) is 5.41 Å². The van der Waals surface area contributed by atoms with E-state index in [1.807, 2.05) is 12.1 Å². The second-order valence-electron chi connectivity index (χ2n) is 11.6. The fraction of sp³-hybridized carbons (Fsp3) is 0.353. The van der Waals surface area contributed by atoms with Gasteiger partial charge in [-0.25, -0.2) is 0 Å². The van der Waals surface area contributed by atoms with Gasteiger partial charge in [0, 0.05) is 0 Å². The Kier molecular flexibility index (Phi) is 7.76. The van der Waals surface area contributed by atoms with Gasteiger partial charge in [-0.3, -0.25) is 0 Å². The molecule has 0 heterocycles. The lowest BCUT2D eigenvalue weighted by Gasteiger charge is -2.42. The lowest BCUT2D eigenvalue weighted by molar-refractivity contribution is 0.124. The average Bonchev–Trinajstić information content (AvgIpc) is 3.25. The van der Waals surface area contributed by atoms with E-state index in [1.54, 1.807) is 12.3 Å². The summed E-state index contributed by atoms with van der Waals surface area (Å²) in [6.45, 7) is 8.60. The van der Waals surface area contributed by atoms with Crippen molar-refractivity contribution >= 4 is 18.8 Å². The molecule has 3 aromatic rings. The van der Waals surface area contributed by atoms with Crippen molar-refractivity contribution in [2.45, 2.75) is 58.4 Å². The van der Waals surface area contributed by atoms with Crippen molar-refractivity contribution in [3.63, 3.8) is 0 Å². The first kappa shape index (κ1) is 26.7. The standard InChI is InChI=1S/C34H40O3Si/c1-34-22-27(35)21-31(34)30(19-20-37-24-25-15-17-28(36-2)18-16-25)33(26-11-7-5-8-12-26)32(23-34)38(3,4)29-13-9-6-10-14-29/h5-18,27,35H,19-24H2,1-4H3/t27-,34+/m1/s1. The van der Waals surface area contributed by atoms with E-state index in [0.717, 1.165) is 37.0 Å². The van der Waals surface area contributed by atoms with E-state index in [4.69, 9.17) is 9.47 Å².